The van der Waals surface area contributed by atoms with Gasteiger partial charge in [-0.3, -0.25) is 23.9 Å². The number of ether oxygens (including phenoxy) is 4. The smallest absolute Gasteiger partial charge is 0.306 e. The Morgan fingerprint density at radius 1 is 0.970 bits per heavy atom. The van der Waals surface area contributed by atoms with E-state index in [0.29, 0.717) is 37.7 Å². The van der Waals surface area contributed by atoms with Crippen LogP contribution >= 0.6 is 0 Å². The molecule has 1 aromatic carbocycles. The largest absolute Gasteiger partial charge is 0.492 e. The van der Waals surface area contributed by atoms with Crippen LogP contribution in [0, 0.1) is 28.6 Å². The number of esters is 1. The summed E-state index contributed by atoms with van der Waals surface area (Å²) in [6.07, 6.45) is 13.3. The van der Waals surface area contributed by atoms with Crippen LogP contribution in [0.25, 0.3) is 10.9 Å². The van der Waals surface area contributed by atoms with Crippen molar-refractivity contribution >= 4 is 44.5 Å². The van der Waals surface area contributed by atoms with Crippen molar-refractivity contribution in [3.8, 4) is 11.6 Å². The highest BCUT2D eigenvalue weighted by Gasteiger charge is 2.63. The summed E-state index contributed by atoms with van der Waals surface area (Å²) in [5.41, 5.74) is -0.215. The summed E-state index contributed by atoms with van der Waals surface area (Å²) in [7, 11) is -3.97. The van der Waals surface area contributed by atoms with Crippen LogP contribution in [0.15, 0.2) is 36.9 Å². The van der Waals surface area contributed by atoms with Crippen molar-refractivity contribution in [2.45, 2.75) is 159 Å². The minimum absolute atomic E-state index is 0.0715. The lowest BCUT2D eigenvalue weighted by atomic mass is 9.65. The van der Waals surface area contributed by atoms with E-state index in [1.807, 2.05) is 24.3 Å². The fourth-order valence-corrected chi connectivity index (χ4v) is 13.0. The predicted molar refractivity (Wildman–Crippen MR) is 253 cm³/mol. The Morgan fingerprint density at radius 2 is 1.76 bits per heavy atom. The molecule has 1 N–H and O–H groups in total. The molecule has 14 nitrogen and oxygen atoms in total. The molecule has 7 atom stereocenters. The Kier molecular flexibility index (Phi) is 14.1. The third-order valence-corrected chi connectivity index (χ3v) is 18.8. The van der Waals surface area contributed by atoms with Gasteiger partial charge in [0.15, 0.2) is 5.78 Å². The van der Waals surface area contributed by atoms with Crippen molar-refractivity contribution < 1.29 is 46.5 Å². The van der Waals surface area contributed by atoms with Gasteiger partial charge in [0.1, 0.15) is 18.0 Å². The van der Waals surface area contributed by atoms with E-state index in [2.05, 4.69) is 23.1 Å². The minimum atomic E-state index is -3.97. The zero-order chi connectivity index (χ0) is 47.0. The van der Waals surface area contributed by atoms with Crippen LogP contribution < -0.4 is 14.2 Å². The molecule has 7 aliphatic rings. The second kappa shape index (κ2) is 19.7. The number of amides is 2. The average Bonchev–Trinajstić information content (AvgIpc) is 4.26. The topological polar surface area (TPSA) is 171 Å². The van der Waals surface area contributed by atoms with Gasteiger partial charge >= 0.3 is 5.97 Å². The molecule has 3 aliphatic heterocycles. The number of hydrogen-bond acceptors (Lipinski definition) is 12. The Balaban J connectivity index is 1.05. The molecule has 2 amide bonds. The molecule has 15 heteroatoms. The van der Waals surface area contributed by atoms with Gasteiger partial charge in [0, 0.05) is 44.5 Å². The van der Waals surface area contributed by atoms with Crippen LogP contribution in [-0.4, -0.2) is 116 Å². The molecule has 4 aliphatic carbocycles. The molecule has 2 saturated heterocycles. The maximum absolute atomic E-state index is 15.4. The summed E-state index contributed by atoms with van der Waals surface area (Å²) in [6, 6.07) is 6.93. The van der Waals surface area contributed by atoms with Crippen molar-refractivity contribution in [1.82, 2.24) is 19.5 Å². The molecule has 1 unspecified atom stereocenters. The van der Waals surface area contributed by atoms with Gasteiger partial charge in [0.05, 0.1) is 59.4 Å². The molecule has 366 valence electrons. The Hall–Kier alpha value is -4.08. The molecule has 6 fully saturated rings. The summed E-state index contributed by atoms with van der Waals surface area (Å²) in [6.45, 7) is 12.5. The first-order valence-corrected chi connectivity index (χ1v) is 26.9. The van der Waals surface area contributed by atoms with E-state index in [4.69, 9.17) is 23.9 Å². The molecule has 0 spiro atoms. The number of hydrogen-bond donors (Lipinski definition) is 1. The number of pyridine rings is 1. The van der Waals surface area contributed by atoms with Crippen molar-refractivity contribution in [3.63, 3.8) is 0 Å². The van der Waals surface area contributed by atoms with Gasteiger partial charge in [-0.2, -0.15) is 0 Å². The lowest BCUT2D eigenvalue weighted by molar-refractivity contribution is -0.155. The van der Waals surface area contributed by atoms with E-state index in [1.165, 1.54) is 0 Å². The molecule has 0 radical (unpaired) electrons. The number of carbonyl (C=O) groups excluding carboxylic acids is 4. The molecule has 4 saturated carbocycles. The molecule has 2 aromatic rings. The van der Waals surface area contributed by atoms with Gasteiger partial charge in [-0.15, -0.1) is 6.58 Å². The third kappa shape index (κ3) is 10.4. The number of allylic oxidation sites excluding steroid dienone is 1. The van der Waals surface area contributed by atoms with Gasteiger partial charge in [0.25, 0.3) is 0 Å². The van der Waals surface area contributed by atoms with Crippen molar-refractivity contribution in [2.24, 2.45) is 28.6 Å². The summed E-state index contributed by atoms with van der Waals surface area (Å²) in [5.74, 6) is -1.37. The fourth-order valence-electron chi connectivity index (χ4n) is 11.6. The highest BCUT2D eigenvalue weighted by Crippen LogP contribution is 2.57. The highest BCUT2D eigenvalue weighted by atomic mass is 32.2. The van der Waals surface area contributed by atoms with E-state index in [9.17, 15) is 18.0 Å². The molecule has 67 heavy (non-hydrogen) atoms. The van der Waals surface area contributed by atoms with Gasteiger partial charge in [-0.05, 0) is 107 Å². The van der Waals surface area contributed by atoms with E-state index in [-0.39, 0.29) is 56.0 Å². The number of Topliss-reactive ketones (excluding diaryl/α,β-unsaturated/α-hetero) is 1. The fraction of sp³-hybridized carbons (Fsp3) is 0.712. The van der Waals surface area contributed by atoms with Crippen molar-refractivity contribution in [3.05, 3.63) is 42.5 Å². The van der Waals surface area contributed by atoms with E-state index < -0.39 is 55.5 Å². The van der Waals surface area contributed by atoms with Gasteiger partial charge < -0.3 is 28.7 Å². The van der Waals surface area contributed by atoms with Gasteiger partial charge in [-0.1, -0.05) is 57.2 Å². The molecule has 4 heterocycles. The minimum Gasteiger partial charge on any atom is -0.492 e. The standard InChI is InChI=1S/C52H72N4O10S/c1-4-36-32-52(36,49(60)54-67(61,62)51(3)21-22-51)33-43(57)42-30-37-34-56(42)48(59)40(50(2)19-11-6-12-20-50)31-45(58)66-44-29-35(44)15-7-5-8-17-39-46(38-16-9-10-18-41(38)53-47(39)65-37)64-27-14-24-55-23-13-26-63-28-25-55/h4,9-10,16,18,35-37,40,42,44H,1,5-8,11-15,17,19-34H2,2-3H3,(H,54,60)/t35-,36-,37-,40-,42+,44-,52?/m1/s1. The SMILES string of the molecule is C=C[C@@H]1CC1(CC(=O)[C@@H]1C[C@@H]2CN1C(=O)[C@H](C1(C)CCCCC1)CC(=O)O[C@@H]1C[C@H]1CCCCCc1c(nc3ccccc3c1OCCCN1CCCOCC1)O2)C(=O)NS(=O)(=O)C1(C)CC1. The maximum atomic E-state index is 15.4. The molecule has 1 aromatic heterocycles. The van der Waals surface area contributed by atoms with Gasteiger partial charge in [0.2, 0.25) is 27.7 Å². The second-order valence-electron chi connectivity index (χ2n) is 21.6. The maximum Gasteiger partial charge on any atom is 0.306 e. The van der Waals surface area contributed by atoms with Crippen LogP contribution in [0.2, 0.25) is 0 Å². The number of nitrogens with zero attached hydrogens (tertiary/aromatic N) is 3. The van der Waals surface area contributed by atoms with E-state index >= 15 is 9.59 Å². The Morgan fingerprint density at radius 3 is 2.54 bits per heavy atom. The second-order valence-corrected chi connectivity index (χ2v) is 23.8. The first-order valence-electron chi connectivity index (χ1n) is 25.5. The lowest BCUT2D eigenvalue weighted by Gasteiger charge is -2.42. The number of carbonyl (C=O) groups is 4. The number of nitrogens with one attached hydrogen (secondary N) is 1. The highest BCUT2D eigenvalue weighted by molar-refractivity contribution is 7.91. The van der Waals surface area contributed by atoms with Crippen LogP contribution in [0.3, 0.4) is 0 Å². The molecular weight excluding hydrogens is 873 g/mol. The van der Waals surface area contributed by atoms with Crippen LogP contribution in [0.1, 0.15) is 135 Å². The first kappa shape index (κ1) is 48.0. The van der Waals surface area contributed by atoms with E-state index in [0.717, 1.165) is 132 Å². The Bertz CT molecular complexity index is 2300. The number of rotatable bonds is 13. The molecule has 9 rings (SSSR count). The van der Waals surface area contributed by atoms with Crippen LogP contribution in [0.5, 0.6) is 11.6 Å². The number of ketones is 1. The molecule has 2 bridgehead atoms. The average molecular weight is 945 g/mol. The van der Waals surface area contributed by atoms with Crippen LogP contribution in [0.4, 0.5) is 0 Å². The predicted octanol–water partition coefficient (Wildman–Crippen LogP) is 7.25. The van der Waals surface area contributed by atoms with Crippen LogP contribution in [-0.2, 0) is 45.1 Å². The summed E-state index contributed by atoms with van der Waals surface area (Å²) >= 11 is 0. The number of sulfonamides is 1. The zero-order valence-electron chi connectivity index (χ0n) is 39.8. The quantitative estimate of drug-likeness (QED) is 0.121. The number of para-hydroxylation sites is 1. The van der Waals surface area contributed by atoms with Crippen molar-refractivity contribution in [2.75, 3.05) is 46.0 Å². The monoisotopic (exact) mass is 944 g/mol. The Labute approximate surface area is 396 Å². The van der Waals surface area contributed by atoms with Gasteiger partial charge in [-0.25, -0.2) is 13.4 Å². The number of fused-ring (bicyclic) bond motifs is 5. The number of benzene rings is 1. The lowest BCUT2D eigenvalue weighted by Crippen LogP contribution is -2.50. The first-order chi connectivity index (χ1) is 32.2. The summed E-state index contributed by atoms with van der Waals surface area (Å²) < 4.78 is 53.5. The molecular formula is C52H72N4O10S. The normalized spacial score (nSPS) is 31.1. The summed E-state index contributed by atoms with van der Waals surface area (Å²) in [4.78, 5) is 67.5. The van der Waals surface area contributed by atoms with E-state index in [1.54, 1.807) is 17.9 Å². The third-order valence-electron chi connectivity index (χ3n) is 16.6. The van der Waals surface area contributed by atoms with Crippen molar-refractivity contribution in [1.29, 1.82) is 0 Å². The zero-order valence-corrected chi connectivity index (χ0v) is 40.6. The number of aromatic nitrogens is 1. The summed E-state index contributed by atoms with van der Waals surface area (Å²) in [5, 5.41) is 0.903.